The van der Waals surface area contributed by atoms with Crippen LogP contribution in [-0.2, 0) is 0 Å². The summed E-state index contributed by atoms with van der Waals surface area (Å²) in [6.45, 7) is 2.23. The van der Waals surface area contributed by atoms with Crippen LogP contribution in [0.5, 0.6) is 0 Å². The number of halogens is 1. The Morgan fingerprint density at radius 1 is 0.923 bits per heavy atom. The Bertz CT molecular complexity index is 848. The number of rotatable bonds is 4. The van der Waals surface area contributed by atoms with E-state index in [1.165, 1.54) is 37.8 Å². The van der Waals surface area contributed by atoms with Crippen molar-refractivity contribution < 1.29 is 4.39 Å². The molecule has 0 aromatic heterocycles. The molecule has 1 aliphatic carbocycles. The number of nitrogens with zero attached hydrogens (tertiary/aromatic N) is 2. The lowest BCUT2D eigenvalue weighted by Gasteiger charge is -2.29. The highest BCUT2D eigenvalue weighted by atomic mass is 19.1. The Hall–Kier alpha value is -2.65. The van der Waals surface area contributed by atoms with Crippen LogP contribution in [0.2, 0.25) is 0 Å². The van der Waals surface area contributed by atoms with Gasteiger partial charge in [0.1, 0.15) is 18.0 Å². The lowest BCUT2D eigenvalue weighted by molar-refractivity contribution is 0.308. The molecule has 0 aliphatic heterocycles. The average Bonchev–Trinajstić information content (AvgIpc) is 2.68. The molecule has 0 spiro atoms. The second-order valence-electron chi connectivity index (χ2n) is 7.19. The number of benzene rings is 2. The average molecular weight is 346 g/mol. The summed E-state index contributed by atoms with van der Waals surface area (Å²) in [7, 11) is 0. The molecule has 2 nitrogen and oxygen atoms in total. The molecule has 0 unspecified atom stereocenters. The zero-order valence-electron chi connectivity index (χ0n) is 15.1. The first-order valence-electron chi connectivity index (χ1n) is 9.41. The minimum Gasteiger partial charge on any atom is -0.207 e. The van der Waals surface area contributed by atoms with E-state index in [4.69, 9.17) is 0 Å². The third-order valence-corrected chi connectivity index (χ3v) is 5.60. The van der Waals surface area contributed by atoms with Gasteiger partial charge in [0.25, 0.3) is 0 Å². The highest BCUT2D eigenvalue weighted by Gasteiger charge is 2.25. The Balaban J connectivity index is 1.95. The Morgan fingerprint density at radius 3 is 2.15 bits per heavy atom. The van der Waals surface area contributed by atoms with Gasteiger partial charge < -0.3 is 0 Å². The molecule has 3 heteroatoms. The van der Waals surface area contributed by atoms with Crippen LogP contribution < -0.4 is 0 Å². The number of hydrogen-bond donors (Lipinski definition) is 0. The van der Waals surface area contributed by atoms with Gasteiger partial charge in [0.2, 0.25) is 0 Å². The topological polar surface area (TPSA) is 47.6 Å². The summed E-state index contributed by atoms with van der Waals surface area (Å²) >= 11 is 0. The van der Waals surface area contributed by atoms with E-state index in [2.05, 4.69) is 19.1 Å². The second kappa shape index (κ2) is 8.15. The zero-order chi connectivity index (χ0) is 18.5. The van der Waals surface area contributed by atoms with E-state index < -0.39 is 0 Å². The van der Waals surface area contributed by atoms with Crippen molar-refractivity contribution in [3.63, 3.8) is 0 Å². The van der Waals surface area contributed by atoms with Gasteiger partial charge in [0.05, 0.1) is 11.1 Å². The maximum absolute atomic E-state index is 13.2. The van der Waals surface area contributed by atoms with Crippen LogP contribution in [0.15, 0.2) is 36.4 Å². The first-order valence-corrected chi connectivity index (χ1v) is 9.41. The summed E-state index contributed by atoms with van der Waals surface area (Å²) in [6.07, 6.45) is 7.07. The first kappa shape index (κ1) is 18.2. The van der Waals surface area contributed by atoms with E-state index in [1.54, 1.807) is 12.1 Å². The van der Waals surface area contributed by atoms with Crippen LogP contribution >= 0.6 is 0 Å². The summed E-state index contributed by atoms with van der Waals surface area (Å²) in [4.78, 5) is 0. The first-order chi connectivity index (χ1) is 12.7. The fraction of sp³-hybridized carbons (Fsp3) is 0.391. The summed E-state index contributed by atoms with van der Waals surface area (Å²) in [5.74, 6) is 0.844. The van der Waals surface area contributed by atoms with Gasteiger partial charge in [0.15, 0.2) is 0 Å². The quantitative estimate of drug-likeness (QED) is 0.651. The molecule has 0 bridgehead atoms. The summed E-state index contributed by atoms with van der Waals surface area (Å²) < 4.78 is 13.2. The Kier molecular flexibility index (Phi) is 5.69. The standard InChI is InChI=1S/C23H23FN2/c1-2-3-16-4-6-17(7-5-16)20-12-13-21(23(15-26)22(20)14-25)18-8-10-19(24)11-9-18/h8-13,16-17H,2-7H2,1H3/t16-,17-. The van der Waals surface area contributed by atoms with Gasteiger partial charge in [-0.2, -0.15) is 10.5 Å². The number of nitriles is 2. The molecule has 0 heterocycles. The third-order valence-electron chi connectivity index (χ3n) is 5.60. The molecule has 0 radical (unpaired) electrons. The van der Waals surface area contributed by atoms with Crippen molar-refractivity contribution in [2.75, 3.05) is 0 Å². The van der Waals surface area contributed by atoms with E-state index in [-0.39, 0.29) is 5.82 Å². The van der Waals surface area contributed by atoms with Crippen LogP contribution in [0.4, 0.5) is 4.39 Å². The molecule has 0 N–H and O–H groups in total. The smallest absolute Gasteiger partial charge is 0.123 e. The number of hydrogen-bond acceptors (Lipinski definition) is 2. The van der Waals surface area contributed by atoms with Gasteiger partial charge in [-0.3, -0.25) is 0 Å². The summed E-state index contributed by atoms with van der Waals surface area (Å²) in [5, 5.41) is 19.5. The van der Waals surface area contributed by atoms with Crippen LogP contribution in [0.1, 0.15) is 68.1 Å². The van der Waals surface area contributed by atoms with Gasteiger partial charge in [-0.05, 0) is 60.8 Å². The highest BCUT2D eigenvalue weighted by molar-refractivity contribution is 5.75. The molecular formula is C23H23FN2. The molecule has 1 saturated carbocycles. The molecule has 3 rings (SSSR count). The van der Waals surface area contributed by atoms with Crippen molar-refractivity contribution in [2.24, 2.45) is 5.92 Å². The monoisotopic (exact) mass is 346 g/mol. The van der Waals surface area contributed by atoms with Crippen molar-refractivity contribution >= 4 is 0 Å². The molecule has 1 aliphatic rings. The zero-order valence-corrected chi connectivity index (χ0v) is 15.1. The van der Waals surface area contributed by atoms with Crippen LogP contribution in [0.25, 0.3) is 11.1 Å². The van der Waals surface area contributed by atoms with E-state index in [0.717, 1.165) is 29.9 Å². The third kappa shape index (κ3) is 3.63. The molecule has 2 aromatic carbocycles. The largest absolute Gasteiger partial charge is 0.207 e. The molecule has 0 amide bonds. The normalized spacial score (nSPS) is 19.5. The molecule has 26 heavy (non-hydrogen) atoms. The van der Waals surface area contributed by atoms with Crippen molar-refractivity contribution in [3.05, 3.63) is 58.9 Å². The van der Waals surface area contributed by atoms with Gasteiger partial charge in [0, 0.05) is 5.56 Å². The van der Waals surface area contributed by atoms with E-state index in [0.29, 0.717) is 22.6 Å². The lowest BCUT2D eigenvalue weighted by atomic mass is 9.75. The lowest BCUT2D eigenvalue weighted by Crippen LogP contribution is -2.14. The molecule has 132 valence electrons. The van der Waals surface area contributed by atoms with Gasteiger partial charge in [-0.25, -0.2) is 4.39 Å². The van der Waals surface area contributed by atoms with Crippen molar-refractivity contribution in [2.45, 2.75) is 51.4 Å². The van der Waals surface area contributed by atoms with Gasteiger partial charge >= 0.3 is 0 Å². The minimum atomic E-state index is -0.312. The molecule has 0 saturated heterocycles. The van der Waals surface area contributed by atoms with Crippen LogP contribution in [-0.4, -0.2) is 0 Å². The Morgan fingerprint density at radius 2 is 1.58 bits per heavy atom. The summed E-state index contributed by atoms with van der Waals surface area (Å²) in [5.41, 5.74) is 3.37. The van der Waals surface area contributed by atoms with E-state index in [1.807, 2.05) is 12.1 Å². The fourth-order valence-electron chi connectivity index (χ4n) is 4.24. The predicted molar refractivity (Wildman–Crippen MR) is 101 cm³/mol. The Labute approximate surface area is 154 Å². The maximum atomic E-state index is 13.2. The van der Waals surface area contributed by atoms with Gasteiger partial charge in [-0.15, -0.1) is 0 Å². The van der Waals surface area contributed by atoms with Gasteiger partial charge in [-0.1, -0.05) is 44.0 Å². The van der Waals surface area contributed by atoms with Crippen molar-refractivity contribution in [1.82, 2.24) is 0 Å². The molecular weight excluding hydrogens is 323 g/mol. The highest BCUT2D eigenvalue weighted by Crippen LogP contribution is 2.40. The fourth-order valence-corrected chi connectivity index (χ4v) is 4.24. The predicted octanol–water partition coefficient (Wildman–Crippen LogP) is 6.31. The summed E-state index contributed by atoms with van der Waals surface area (Å²) in [6, 6.07) is 14.5. The molecule has 2 aromatic rings. The molecule has 0 atom stereocenters. The molecule has 1 fully saturated rings. The maximum Gasteiger partial charge on any atom is 0.123 e. The van der Waals surface area contributed by atoms with E-state index >= 15 is 0 Å². The minimum absolute atomic E-state index is 0.312. The van der Waals surface area contributed by atoms with Crippen molar-refractivity contribution in [1.29, 1.82) is 10.5 Å². The van der Waals surface area contributed by atoms with E-state index in [9.17, 15) is 14.9 Å². The van der Waals surface area contributed by atoms with Crippen molar-refractivity contribution in [3.8, 4) is 23.3 Å². The second-order valence-corrected chi connectivity index (χ2v) is 7.19. The SMILES string of the molecule is CCC[C@H]1CC[C@H](c2ccc(-c3ccc(F)cc3)c(C#N)c2C#N)CC1. The van der Waals surface area contributed by atoms with Crippen LogP contribution in [0.3, 0.4) is 0 Å². The van der Waals surface area contributed by atoms with Crippen LogP contribution in [0, 0.1) is 34.4 Å².